The van der Waals surface area contributed by atoms with Crippen molar-refractivity contribution in [3.8, 4) is 16.9 Å². The van der Waals surface area contributed by atoms with Crippen LogP contribution >= 0.6 is 0 Å². The van der Waals surface area contributed by atoms with Gasteiger partial charge in [-0.3, -0.25) is 23.5 Å². The highest BCUT2D eigenvalue weighted by Crippen LogP contribution is 2.33. The molecule has 0 aliphatic carbocycles. The molecule has 1 aliphatic rings. The van der Waals surface area contributed by atoms with Gasteiger partial charge >= 0.3 is 5.69 Å². The van der Waals surface area contributed by atoms with Crippen LogP contribution in [0.4, 0.5) is 8.78 Å². The Morgan fingerprint density at radius 1 is 0.792 bits per heavy atom. The van der Waals surface area contributed by atoms with Crippen LogP contribution in [0.25, 0.3) is 11.1 Å². The van der Waals surface area contributed by atoms with Gasteiger partial charge in [-0.2, -0.15) is 0 Å². The maximum absolute atomic E-state index is 16.0. The van der Waals surface area contributed by atoms with E-state index in [2.05, 4.69) is 0 Å². The fourth-order valence-corrected chi connectivity index (χ4v) is 7.71. The monoisotopic (exact) mass is 742 g/mol. The average molecular weight is 743 g/mol. The second-order valence-electron chi connectivity index (χ2n) is 12.6. The fourth-order valence-electron chi connectivity index (χ4n) is 6.77. The van der Waals surface area contributed by atoms with E-state index in [4.69, 9.17) is 4.74 Å². The van der Waals surface area contributed by atoms with Crippen molar-refractivity contribution in [1.29, 1.82) is 0 Å². The van der Waals surface area contributed by atoms with Gasteiger partial charge < -0.3 is 4.74 Å². The van der Waals surface area contributed by atoms with Crippen molar-refractivity contribution in [3.05, 3.63) is 151 Å². The van der Waals surface area contributed by atoms with Crippen molar-refractivity contribution in [2.75, 3.05) is 19.9 Å². The van der Waals surface area contributed by atoms with E-state index in [0.717, 1.165) is 26.5 Å². The highest BCUT2D eigenvalue weighted by Gasteiger charge is 2.42. The SMILES string of the molecule is CCCN([C@@H](Cn1c(=O)c(-c2cccc(OC)c2F)c(C)n(Cc2c(F)cccc2S(C)(=O)=O)c1=O)c1ccccc1)N1C(=O)c2ccccc2C1=O. The topological polar surface area (TPSA) is 128 Å². The van der Waals surface area contributed by atoms with E-state index in [-0.39, 0.29) is 50.7 Å². The summed E-state index contributed by atoms with van der Waals surface area (Å²) < 4.78 is 64.0. The van der Waals surface area contributed by atoms with Gasteiger partial charge in [0, 0.05) is 29.6 Å². The first-order valence-corrected chi connectivity index (χ1v) is 18.6. The van der Waals surface area contributed by atoms with Crippen LogP contribution in [-0.4, -0.2) is 59.3 Å². The Morgan fingerprint density at radius 2 is 1.40 bits per heavy atom. The van der Waals surface area contributed by atoms with Crippen molar-refractivity contribution >= 4 is 21.7 Å². The number of imide groups is 1. The summed E-state index contributed by atoms with van der Waals surface area (Å²) in [4.78, 5) is 56.5. The molecular formula is C39H36F2N4O7S. The van der Waals surface area contributed by atoms with Gasteiger partial charge in [-0.05, 0) is 49.2 Å². The molecule has 11 nitrogen and oxygen atoms in total. The van der Waals surface area contributed by atoms with Gasteiger partial charge in [0.1, 0.15) is 5.82 Å². The number of aromatic nitrogens is 2. The van der Waals surface area contributed by atoms with Crippen molar-refractivity contribution in [1.82, 2.24) is 19.2 Å². The highest BCUT2D eigenvalue weighted by molar-refractivity contribution is 7.90. The van der Waals surface area contributed by atoms with Gasteiger partial charge in [-0.1, -0.05) is 67.6 Å². The third kappa shape index (κ3) is 6.71. The zero-order valence-electron chi connectivity index (χ0n) is 29.4. The Balaban J connectivity index is 1.62. The summed E-state index contributed by atoms with van der Waals surface area (Å²) in [7, 11) is -2.73. The number of halogens is 2. The van der Waals surface area contributed by atoms with Crippen molar-refractivity contribution < 1.29 is 31.5 Å². The largest absolute Gasteiger partial charge is 0.494 e. The molecule has 14 heteroatoms. The van der Waals surface area contributed by atoms with Crippen LogP contribution in [0.3, 0.4) is 0 Å². The number of hydrazine groups is 1. The quantitative estimate of drug-likeness (QED) is 0.156. The molecule has 0 radical (unpaired) electrons. The first-order valence-electron chi connectivity index (χ1n) is 16.7. The number of benzene rings is 4. The molecule has 2 amide bonds. The standard InChI is InChI=1S/C39H36F2N4O7S/c1-5-21-44(45-36(46)26-15-9-10-16-27(26)37(45)47)31(25-13-7-6-8-14-25)23-43-38(48)34(28-17-11-19-32(52-3)35(28)41)24(2)42(39(43)49)22-29-30(40)18-12-20-33(29)53(4,50)51/h6-20,31H,5,21-23H2,1-4H3/t31-/m0/s1. The molecule has 274 valence electrons. The van der Waals surface area contributed by atoms with E-state index in [0.29, 0.717) is 12.0 Å². The summed E-state index contributed by atoms with van der Waals surface area (Å²) in [5.74, 6) is -3.15. The summed E-state index contributed by atoms with van der Waals surface area (Å²) >= 11 is 0. The molecule has 53 heavy (non-hydrogen) atoms. The number of amides is 2. The maximum atomic E-state index is 16.0. The number of carbonyl (C=O) groups excluding carboxylic acids is 2. The van der Waals surface area contributed by atoms with E-state index in [9.17, 15) is 27.6 Å². The van der Waals surface area contributed by atoms with E-state index < -0.39 is 63.7 Å². The molecule has 1 atom stereocenters. The Bertz CT molecular complexity index is 2450. The molecule has 0 N–H and O–H groups in total. The number of sulfone groups is 1. The zero-order valence-corrected chi connectivity index (χ0v) is 30.2. The summed E-state index contributed by atoms with van der Waals surface area (Å²) in [5.41, 5.74) is -1.80. The van der Waals surface area contributed by atoms with Crippen LogP contribution in [0, 0.1) is 18.6 Å². The molecule has 0 spiro atoms. The van der Waals surface area contributed by atoms with Crippen LogP contribution in [0.5, 0.6) is 5.75 Å². The van der Waals surface area contributed by atoms with Crippen LogP contribution < -0.4 is 16.0 Å². The first-order chi connectivity index (χ1) is 25.3. The Labute approximate surface area is 304 Å². The summed E-state index contributed by atoms with van der Waals surface area (Å²) in [6.07, 6.45) is 1.36. The fraction of sp³-hybridized carbons (Fsp3) is 0.231. The number of rotatable bonds is 12. The van der Waals surface area contributed by atoms with Crippen molar-refractivity contribution in [3.63, 3.8) is 0 Å². The molecule has 2 heterocycles. The lowest BCUT2D eigenvalue weighted by Crippen LogP contribution is -2.52. The first kappa shape index (κ1) is 37.0. The number of fused-ring (bicyclic) bond motifs is 1. The van der Waals surface area contributed by atoms with Crippen molar-refractivity contribution in [2.45, 2.75) is 44.3 Å². The van der Waals surface area contributed by atoms with Gasteiger partial charge in [0.15, 0.2) is 21.4 Å². The number of methoxy groups -OCH3 is 1. The zero-order chi connectivity index (χ0) is 38.2. The Morgan fingerprint density at radius 3 is 2.00 bits per heavy atom. The minimum atomic E-state index is -3.99. The molecule has 0 bridgehead atoms. The third-order valence-corrected chi connectivity index (χ3v) is 10.5. The van der Waals surface area contributed by atoms with Gasteiger partial charge in [-0.15, -0.1) is 0 Å². The van der Waals surface area contributed by atoms with Crippen LogP contribution in [-0.2, 0) is 22.9 Å². The predicted molar refractivity (Wildman–Crippen MR) is 193 cm³/mol. The number of nitrogens with zero attached hydrogens (tertiary/aromatic N) is 4. The van der Waals surface area contributed by atoms with E-state index >= 15 is 8.78 Å². The maximum Gasteiger partial charge on any atom is 0.331 e. The van der Waals surface area contributed by atoms with Crippen LogP contribution in [0.2, 0.25) is 0 Å². The minimum Gasteiger partial charge on any atom is -0.494 e. The molecule has 6 rings (SSSR count). The smallest absolute Gasteiger partial charge is 0.331 e. The second kappa shape index (κ2) is 14.7. The van der Waals surface area contributed by atoms with Gasteiger partial charge in [0.2, 0.25) is 0 Å². The average Bonchev–Trinajstić information content (AvgIpc) is 3.39. The molecular weight excluding hydrogens is 707 g/mol. The Kier molecular flexibility index (Phi) is 10.3. The predicted octanol–water partition coefficient (Wildman–Crippen LogP) is 5.39. The second-order valence-corrected chi connectivity index (χ2v) is 14.6. The lowest BCUT2D eigenvalue weighted by molar-refractivity contribution is -0.0264. The lowest BCUT2D eigenvalue weighted by atomic mass is 10.0. The minimum absolute atomic E-state index is 0.0619. The lowest BCUT2D eigenvalue weighted by Gasteiger charge is -2.37. The number of hydrogen-bond acceptors (Lipinski definition) is 8. The van der Waals surface area contributed by atoms with Gasteiger partial charge in [0.05, 0.1) is 47.8 Å². The van der Waals surface area contributed by atoms with Gasteiger partial charge in [-0.25, -0.2) is 32.0 Å². The molecule has 1 aromatic heterocycles. The molecule has 5 aromatic rings. The molecule has 1 aliphatic heterocycles. The van der Waals surface area contributed by atoms with Crippen LogP contribution in [0.15, 0.2) is 105 Å². The van der Waals surface area contributed by atoms with E-state index in [1.54, 1.807) is 54.6 Å². The van der Waals surface area contributed by atoms with Crippen LogP contribution in [0.1, 0.15) is 56.9 Å². The molecule has 0 saturated heterocycles. The number of carbonyl (C=O) groups is 2. The molecule has 0 saturated carbocycles. The van der Waals surface area contributed by atoms with E-state index in [1.165, 1.54) is 49.4 Å². The summed E-state index contributed by atoms with van der Waals surface area (Å²) in [5, 5.41) is 2.53. The van der Waals surface area contributed by atoms with Crippen molar-refractivity contribution in [2.24, 2.45) is 0 Å². The molecule has 0 unspecified atom stereocenters. The summed E-state index contributed by atoms with van der Waals surface area (Å²) in [6.45, 7) is 2.29. The Hall–Kier alpha value is -5.73. The molecule has 0 fully saturated rings. The number of hydrogen-bond donors (Lipinski definition) is 0. The number of ether oxygens (including phenoxy) is 1. The third-order valence-electron chi connectivity index (χ3n) is 9.31. The normalized spacial score (nSPS) is 13.5. The highest BCUT2D eigenvalue weighted by atomic mass is 32.2. The van der Waals surface area contributed by atoms with Gasteiger partial charge in [0.25, 0.3) is 17.4 Å². The molecule has 4 aromatic carbocycles. The summed E-state index contributed by atoms with van der Waals surface area (Å²) in [6, 6.07) is 21.7. The van der Waals surface area contributed by atoms with E-state index in [1.807, 2.05) is 6.92 Å².